The highest BCUT2D eigenvalue weighted by Crippen LogP contribution is 2.52. The molecule has 0 aliphatic carbocycles. The van der Waals surface area contributed by atoms with E-state index in [2.05, 4.69) is 36.4 Å². The molecule has 2 aromatic carbocycles. The fraction of sp³-hybridized carbons (Fsp3) is 0.292. The van der Waals surface area contributed by atoms with Crippen molar-refractivity contribution in [3.05, 3.63) is 65.4 Å². The molecule has 0 saturated heterocycles. The topological polar surface area (TPSA) is 76.5 Å². The van der Waals surface area contributed by atoms with Gasteiger partial charge >= 0.3 is 0 Å². The Balaban J connectivity index is 1.73. The summed E-state index contributed by atoms with van der Waals surface area (Å²) in [5, 5.41) is 7.51. The first-order chi connectivity index (χ1) is 14.9. The predicted molar refractivity (Wildman–Crippen MR) is 118 cm³/mol. The van der Waals surface area contributed by atoms with Crippen molar-refractivity contribution in [2.75, 3.05) is 24.4 Å². The molecule has 1 N–H and O–H groups in total. The Morgan fingerprint density at radius 3 is 2.52 bits per heavy atom. The summed E-state index contributed by atoms with van der Waals surface area (Å²) in [4.78, 5) is 28.2. The molecule has 5 rings (SSSR count). The Morgan fingerprint density at radius 2 is 1.84 bits per heavy atom. The van der Waals surface area contributed by atoms with E-state index in [1.54, 1.807) is 29.9 Å². The van der Waals surface area contributed by atoms with Crippen LogP contribution in [0, 0.1) is 0 Å². The molecule has 1 unspecified atom stereocenters. The van der Waals surface area contributed by atoms with Gasteiger partial charge in [0.15, 0.2) is 0 Å². The number of nitrogens with zero attached hydrogens (tertiary/aromatic N) is 3. The lowest BCUT2D eigenvalue weighted by molar-refractivity contribution is -0.126. The van der Waals surface area contributed by atoms with E-state index in [4.69, 9.17) is 4.74 Å². The van der Waals surface area contributed by atoms with Crippen molar-refractivity contribution in [3.63, 3.8) is 0 Å². The molecule has 1 spiro atoms. The van der Waals surface area contributed by atoms with Crippen molar-refractivity contribution >= 4 is 23.3 Å². The predicted octanol–water partition coefficient (Wildman–Crippen LogP) is 3.61. The number of benzene rings is 2. The highest BCUT2D eigenvalue weighted by molar-refractivity contribution is 6.15. The van der Waals surface area contributed by atoms with Crippen LogP contribution in [0.15, 0.2) is 48.7 Å². The molecule has 2 aliphatic heterocycles. The molecule has 0 saturated carbocycles. The lowest BCUT2D eigenvalue weighted by Gasteiger charge is -2.32. The number of methoxy groups -OCH3 is 1. The summed E-state index contributed by atoms with van der Waals surface area (Å²) in [5.41, 5.74) is 3.27. The third-order valence-electron chi connectivity index (χ3n) is 6.41. The van der Waals surface area contributed by atoms with Gasteiger partial charge in [-0.15, -0.1) is 0 Å². The van der Waals surface area contributed by atoms with E-state index in [1.165, 1.54) is 0 Å². The molecule has 2 amide bonds. The van der Waals surface area contributed by atoms with Crippen LogP contribution in [0.25, 0.3) is 5.69 Å². The zero-order chi connectivity index (χ0) is 21.9. The monoisotopic (exact) mass is 416 g/mol. The number of hydrogen-bond donors (Lipinski definition) is 1. The molecule has 158 valence electrons. The quantitative estimate of drug-likeness (QED) is 0.708. The third kappa shape index (κ3) is 2.62. The fourth-order valence-corrected chi connectivity index (χ4v) is 4.70. The van der Waals surface area contributed by atoms with Crippen LogP contribution in [-0.4, -0.2) is 35.8 Å². The number of carbonyl (C=O) groups is 2. The standard InChI is InChI=1S/C24H24N4O3/c1-14(2)15-5-10-20-18(11-15)24(23(30)27(20)3)12-21(29)26-22-19(24)13-25-28(22)16-6-8-17(31-4)9-7-16/h5-11,13-14H,12H2,1-4H3,(H,26,29). The third-order valence-corrected chi connectivity index (χ3v) is 6.41. The molecule has 2 aliphatic rings. The van der Waals surface area contributed by atoms with Crippen LogP contribution in [0.3, 0.4) is 0 Å². The molecule has 31 heavy (non-hydrogen) atoms. The molecule has 7 heteroatoms. The number of anilines is 2. The number of rotatable bonds is 3. The van der Waals surface area contributed by atoms with Crippen LogP contribution in [0.5, 0.6) is 5.75 Å². The van der Waals surface area contributed by atoms with Gasteiger partial charge in [0.25, 0.3) is 0 Å². The molecule has 3 heterocycles. The summed E-state index contributed by atoms with van der Waals surface area (Å²) < 4.78 is 6.91. The Labute approximate surface area is 180 Å². The Bertz CT molecular complexity index is 1210. The van der Waals surface area contributed by atoms with E-state index >= 15 is 0 Å². The maximum absolute atomic E-state index is 13.7. The number of aromatic nitrogens is 2. The van der Waals surface area contributed by atoms with Gasteiger partial charge in [-0.3, -0.25) is 9.59 Å². The van der Waals surface area contributed by atoms with Gasteiger partial charge in [0.1, 0.15) is 17.0 Å². The Kier molecular flexibility index (Phi) is 4.18. The van der Waals surface area contributed by atoms with Gasteiger partial charge in [-0.2, -0.15) is 5.10 Å². The first-order valence-corrected chi connectivity index (χ1v) is 10.3. The lowest BCUT2D eigenvalue weighted by atomic mass is 9.71. The first-order valence-electron chi connectivity index (χ1n) is 10.3. The van der Waals surface area contributed by atoms with Crippen LogP contribution >= 0.6 is 0 Å². The minimum atomic E-state index is -1.07. The number of hydrogen-bond acceptors (Lipinski definition) is 4. The van der Waals surface area contributed by atoms with Crippen LogP contribution in [0.4, 0.5) is 11.5 Å². The second kappa shape index (κ2) is 6.70. The summed E-state index contributed by atoms with van der Waals surface area (Å²) in [7, 11) is 3.38. The molecule has 1 atom stereocenters. The Hall–Kier alpha value is -3.61. The summed E-state index contributed by atoms with van der Waals surface area (Å²) in [6.45, 7) is 4.24. The summed E-state index contributed by atoms with van der Waals surface area (Å²) in [6.07, 6.45) is 1.77. The average molecular weight is 416 g/mol. The zero-order valence-electron chi connectivity index (χ0n) is 18.0. The van der Waals surface area contributed by atoms with Crippen LogP contribution in [0.2, 0.25) is 0 Å². The number of fused-ring (bicyclic) bond motifs is 4. The first kappa shape index (κ1) is 19.4. The van der Waals surface area contributed by atoms with Gasteiger partial charge in [-0.1, -0.05) is 26.0 Å². The van der Waals surface area contributed by atoms with Gasteiger partial charge in [0.2, 0.25) is 11.8 Å². The normalized spacial score (nSPS) is 19.6. The zero-order valence-corrected chi connectivity index (χ0v) is 18.0. The van der Waals surface area contributed by atoms with Gasteiger partial charge in [0.05, 0.1) is 19.0 Å². The molecule has 7 nitrogen and oxygen atoms in total. The average Bonchev–Trinajstić information content (AvgIpc) is 3.28. The van der Waals surface area contributed by atoms with Crippen molar-refractivity contribution in [3.8, 4) is 11.4 Å². The highest BCUT2D eigenvalue weighted by Gasteiger charge is 2.56. The SMILES string of the molecule is COc1ccc(-n2ncc3c2NC(=O)CC32C(=O)N(C)c3ccc(C(C)C)cc32)cc1. The molecule has 3 aromatic rings. The van der Waals surface area contributed by atoms with E-state index in [-0.39, 0.29) is 18.2 Å². The van der Waals surface area contributed by atoms with E-state index in [0.29, 0.717) is 11.7 Å². The van der Waals surface area contributed by atoms with Gasteiger partial charge in [-0.25, -0.2) is 4.68 Å². The number of nitrogens with one attached hydrogen (secondary N) is 1. The fourth-order valence-electron chi connectivity index (χ4n) is 4.70. The van der Waals surface area contributed by atoms with Crippen molar-refractivity contribution in [2.45, 2.75) is 31.6 Å². The molecular weight excluding hydrogens is 392 g/mol. The van der Waals surface area contributed by atoms with Gasteiger partial charge < -0.3 is 15.0 Å². The maximum atomic E-state index is 13.7. The number of amides is 2. The lowest BCUT2D eigenvalue weighted by Crippen LogP contribution is -2.45. The highest BCUT2D eigenvalue weighted by atomic mass is 16.5. The molecule has 1 aromatic heterocycles. The second-order valence-electron chi connectivity index (χ2n) is 8.44. The van der Waals surface area contributed by atoms with E-state index in [1.807, 2.05) is 30.3 Å². The van der Waals surface area contributed by atoms with E-state index in [9.17, 15) is 9.59 Å². The van der Waals surface area contributed by atoms with Crippen LogP contribution in [0.1, 0.15) is 42.9 Å². The largest absolute Gasteiger partial charge is 0.497 e. The molecule has 0 radical (unpaired) electrons. The molecule has 0 bridgehead atoms. The number of ether oxygens (including phenoxy) is 1. The van der Waals surface area contributed by atoms with Gasteiger partial charge in [-0.05, 0) is 47.4 Å². The maximum Gasteiger partial charge on any atom is 0.242 e. The van der Waals surface area contributed by atoms with Crippen LogP contribution in [-0.2, 0) is 15.0 Å². The minimum absolute atomic E-state index is 0.0615. The van der Waals surface area contributed by atoms with E-state index < -0.39 is 5.41 Å². The summed E-state index contributed by atoms with van der Waals surface area (Å²) in [6, 6.07) is 13.5. The minimum Gasteiger partial charge on any atom is -0.497 e. The van der Waals surface area contributed by atoms with E-state index in [0.717, 1.165) is 33.8 Å². The molecule has 0 fully saturated rings. The summed E-state index contributed by atoms with van der Waals surface area (Å²) >= 11 is 0. The van der Waals surface area contributed by atoms with Crippen molar-refractivity contribution in [1.29, 1.82) is 0 Å². The van der Waals surface area contributed by atoms with Crippen molar-refractivity contribution < 1.29 is 14.3 Å². The van der Waals surface area contributed by atoms with Crippen LogP contribution < -0.4 is 15.0 Å². The molecular formula is C24H24N4O3. The van der Waals surface area contributed by atoms with Gasteiger partial charge in [0, 0.05) is 24.7 Å². The Morgan fingerprint density at radius 1 is 1.10 bits per heavy atom. The number of likely N-dealkylation sites (N-methyl/N-ethyl adjacent to an activating group) is 1. The smallest absolute Gasteiger partial charge is 0.242 e. The van der Waals surface area contributed by atoms with Crippen molar-refractivity contribution in [2.24, 2.45) is 0 Å². The summed E-state index contributed by atoms with van der Waals surface area (Å²) in [5.74, 6) is 1.27. The number of carbonyl (C=O) groups excluding carboxylic acids is 2. The second-order valence-corrected chi connectivity index (χ2v) is 8.44. The van der Waals surface area contributed by atoms with Crippen molar-refractivity contribution in [1.82, 2.24) is 9.78 Å².